The topological polar surface area (TPSA) is 27.8 Å². The van der Waals surface area contributed by atoms with E-state index in [1.54, 1.807) is 12.1 Å². The predicted molar refractivity (Wildman–Crippen MR) is 98.0 cm³/mol. The molecule has 25 heavy (non-hydrogen) atoms. The van der Waals surface area contributed by atoms with Crippen LogP contribution in [-0.2, 0) is 0 Å². The number of hydrogen-bond acceptors (Lipinski definition) is 1. The molecule has 5 aliphatic rings. The van der Waals surface area contributed by atoms with E-state index in [-0.39, 0.29) is 5.82 Å². The Kier molecular flexibility index (Phi) is 3.01. The molecule has 0 amide bonds. The van der Waals surface area contributed by atoms with Gasteiger partial charge in [-0.05, 0) is 105 Å². The number of halogens is 1. The summed E-state index contributed by atoms with van der Waals surface area (Å²) in [5, 5.41) is 5.14. The molecule has 1 aromatic heterocycles. The lowest BCUT2D eigenvalue weighted by Crippen LogP contribution is -2.58. The number of H-pyrrole nitrogens is 1. The van der Waals surface area contributed by atoms with Crippen LogP contribution in [0.15, 0.2) is 24.4 Å². The molecule has 2 atom stereocenters. The molecule has 2 nitrogen and oxygen atoms in total. The summed E-state index contributed by atoms with van der Waals surface area (Å²) in [6.07, 6.45) is 12.2. The fraction of sp³-hybridized carbons (Fsp3) is 0.636. The fourth-order valence-electron chi connectivity index (χ4n) is 6.95. The quantitative estimate of drug-likeness (QED) is 0.809. The minimum Gasteiger partial charge on any atom is -0.361 e. The van der Waals surface area contributed by atoms with Crippen LogP contribution in [-0.4, -0.2) is 17.1 Å². The SMILES string of the molecule is Fc1ccc2[nH]cc(C3CC3CNC34CC5CC(CC(C5)C3)C4)c2c1. The number of aromatic amines is 1. The minimum absolute atomic E-state index is 0.128. The van der Waals surface area contributed by atoms with Crippen molar-refractivity contribution in [3.8, 4) is 0 Å². The third-order valence-electron chi connectivity index (χ3n) is 7.78. The molecular weight excluding hydrogens is 311 g/mol. The van der Waals surface area contributed by atoms with Crippen molar-refractivity contribution in [2.75, 3.05) is 6.54 Å². The summed E-state index contributed by atoms with van der Waals surface area (Å²) in [6, 6.07) is 5.10. The average Bonchev–Trinajstić information content (AvgIpc) is 3.22. The zero-order valence-corrected chi connectivity index (χ0v) is 14.7. The zero-order valence-electron chi connectivity index (χ0n) is 14.7. The number of nitrogens with one attached hydrogen (secondary N) is 2. The summed E-state index contributed by atoms with van der Waals surface area (Å²) in [5.41, 5.74) is 2.86. The maximum absolute atomic E-state index is 13.6. The van der Waals surface area contributed by atoms with E-state index in [9.17, 15) is 4.39 Å². The van der Waals surface area contributed by atoms with Crippen molar-refractivity contribution in [2.24, 2.45) is 23.7 Å². The Morgan fingerprint density at radius 1 is 1.04 bits per heavy atom. The Balaban J connectivity index is 1.16. The third-order valence-corrected chi connectivity index (χ3v) is 7.78. The van der Waals surface area contributed by atoms with Gasteiger partial charge < -0.3 is 10.3 Å². The number of rotatable bonds is 4. The van der Waals surface area contributed by atoms with Crippen LogP contribution in [0.5, 0.6) is 0 Å². The van der Waals surface area contributed by atoms with Gasteiger partial charge in [0.2, 0.25) is 0 Å². The van der Waals surface area contributed by atoms with Crippen molar-refractivity contribution >= 4 is 10.9 Å². The lowest BCUT2D eigenvalue weighted by atomic mass is 9.53. The molecule has 0 spiro atoms. The van der Waals surface area contributed by atoms with Crippen molar-refractivity contribution < 1.29 is 4.39 Å². The first-order valence-corrected chi connectivity index (χ1v) is 10.2. The van der Waals surface area contributed by atoms with E-state index in [4.69, 9.17) is 0 Å². The molecule has 1 aromatic carbocycles. The maximum atomic E-state index is 13.6. The highest BCUT2D eigenvalue weighted by Gasteiger charge is 2.51. The second-order valence-corrected chi connectivity index (χ2v) is 9.61. The normalized spacial score (nSPS) is 41.6. The molecule has 5 saturated carbocycles. The average molecular weight is 338 g/mol. The van der Waals surface area contributed by atoms with Gasteiger partial charge in [0.1, 0.15) is 5.82 Å². The lowest BCUT2D eigenvalue weighted by molar-refractivity contribution is -0.0200. The first-order chi connectivity index (χ1) is 12.2. The summed E-state index contributed by atoms with van der Waals surface area (Å²) in [4.78, 5) is 3.32. The van der Waals surface area contributed by atoms with Crippen LogP contribution in [0.1, 0.15) is 56.4 Å². The van der Waals surface area contributed by atoms with Crippen molar-refractivity contribution in [2.45, 2.75) is 56.4 Å². The summed E-state index contributed by atoms with van der Waals surface area (Å²) < 4.78 is 13.6. The Morgan fingerprint density at radius 2 is 1.76 bits per heavy atom. The summed E-state index contributed by atoms with van der Waals surface area (Å²) in [5.74, 6) is 4.23. The van der Waals surface area contributed by atoms with Crippen LogP contribution in [0.3, 0.4) is 0 Å². The van der Waals surface area contributed by atoms with Gasteiger partial charge in [0.05, 0.1) is 0 Å². The van der Waals surface area contributed by atoms with Gasteiger partial charge in [0, 0.05) is 22.6 Å². The van der Waals surface area contributed by atoms with E-state index < -0.39 is 0 Å². The summed E-state index contributed by atoms with van der Waals surface area (Å²) in [7, 11) is 0. The summed E-state index contributed by atoms with van der Waals surface area (Å²) in [6.45, 7) is 1.15. The molecule has 0 saturated heterocycles. The van der Waals surface area contributed by atoms with Crippen molar-refractivity contribution in [1.82, 2.24) is 10.3 Å². The van der Waals surface area contributed by atoms with Crippen molar-refractivity contribution in [3.05, 3.63) is 35.8 Å². The van der Waals surface area contributed by atoms with Crippen molar-refractivity contribution in [1.29, 1.82) is 0 Å². The largest absolute Gasteiger partial charge is 0.361 e. The Morgan fingerprint density at radius 3 is 2.48 bits per heavy atom. The highest BCUT2D eigenvalue weighted by molar-refractivity contribution is 5.84. The second-order valence-electron chi connectivity index (χ2n) is 9.61. The highest BCUT2D eigenvalue weighted by atomic mass is 19.1. The number of benzene rings is 1. The molecule has 132 valence electrons. The van der Waals surface area contributed by atoms with Gasteiger partial charge in [-0.2, -0.15) is 0 Å². The van der Waals surface area contributed by atoms with Crippen LogP contribution >= 0.6 is 0 Å². The Labute approximate surface area is 148 Å². The second kappa shape index (κ2) is 5.09. The van der Waals surface area contributed by atoms with Gasteiger partial charge in [-0.1, -0.05) is 0 Å². The minimum atomic E-state index is -0.128. The first-order valence-electron chi connectivity index (χ1n) is 10.2. The van der Waals surface area contributed by atoms with E-state index in [0.29, 0.717) is 11.5 Å². The Bertz CT molecular complexity index is 787. The van der Waals surface area contributed by atoms with Crippen molar-refractivity contribution in [3.63, 3.8) is 0 Å². The van der Waals surface area contributed by atoms with Crippen LogP contribution in [0.4, 0.5) is 4.39 Å². The van der Waals surface area contributed by atoms with Crippen LogP contribution in [0.25, 0.3) is 10.9 Å². The smallest absolute Gasteiger partial charge is 0.123 e. The Hall–Kier alpha value is -1.35. The molecule has 5 fully saturated rings. The molecule has 2 aromatic rings. The van der Waals surface area contributed by atoms with Gasteiger partial charge >= 0.3 is 0 Å². The fourth-order valence-corrected chi connectivity index (χ4v) is 6.95. The monoisotopic (exact) mass is 338 g/mol. The molecular formula is C22H27FN2. The first kappa shape index (κ1) is 14.8. The molecule has 1 heterocycles. The van der Waals surface area contributed by atoms with E-state index in [1.165, 1.54) is 50.5 Å². The molecule has 7 rings (SSSR count). The van der Waals surface area contributed by atoms with Gasteiger partial charge in [0.25, 0.3) is 0 Å². The van der Waals surface area contributed by atoms with Crippen LogP contribution in [0, 0.1) is 29.5 Å². The van der Waals surface area contributed by atoms with E-state index in [2.05, 4.69) is 16.5 Å². The summed E-state index contributed by atoms with van der Waals surface area (Å²) >= 11 is 0. The van der Waals surface area contributed by atoms with Gasteiger partial charge in [-0.3, -0.25) is 0 Å². The van der Waals surface area contributed by atoms with E-state index in [1.807, 2.05) is 6.07 Å². The van der Waals surface area contributed by atoms with Gasteiger partial charge in [0.15, 0.2) is 0 Å². The van der Waals surface area contributed by atoms with Crippen LogP contribution < -0.4 is 5.32 Å². The van der Waals surface area contributed by atoms with Gasteiger partial charge in [-0.25, -0.2) is 4.39 Å². The molecule has 3 heteroatoms. The van der Waals surface area contributed by atoms with Crippen LogP contribution in [0.2, 0.25) is 0 Å². The molecule has 4 bridgehead atoms. The predicted octanol–water partition coefficient (Wildman–Crippen LogP) is 4.97. The third kappa shape index (κ3) is 2.38. The molecule has 2 N–H and O–H groups in total. The highest BCUT2D eigenvalue weighted by Crippen LogP contribution is 2.56. The van der Waals surface area contributed by atoms with E-state index in [0.717, 1.165) is 41.1 Å². The maximum Gasteiger partial charge on any atom is 0.123 e. The van der Waals surface area contributed by atoms with Gasteiger partial charge in [-0.15, -0.1) is 0 Å². The molecule has 5 aliphatic carbocycles. The number of aromatic nitrogens is 1. The molecule has 0 aliphatic heterocycles. The zero-order chi connectivity index (χ0) is 16.6. The molecule has 2 unspecified atom stereocenters. The number of fused-ring (bicyclic) bond motifs is 1. The number of hydrogen-bond donors (Lipinski definition) is 2. The molecule has 0 radical (unpaired) electrons. The van der Waals surface area contributed by atoms with E-state index >= 15 is 0 Å². The lowest BCUT2D eigenvalue weighted by Gasteiger charge is -2.57. The standard InChI is InChI=1S/C22H27FN2/c23-17-1-2-21-19(7-17)20(12-24-21)18-6-16(18)11-25-22-8-13-3-14(9-22)5-15(4-13)10-22/h1-2,7,12-16,18,24-25H,3-6,8-11H2.